The van der Waals surface area contributed by atoms with E-state index in [-0.39, 0.29) is 13.0 Å². The Kier molecular flexibility index (Phi) is 4.45. The highest BCUT2D eigenvalue weighted by molar-refractivity contribution is 5.67. The number of rotatable bonds is 6. The molecule has 1 unspecified atom stereocenters. The fourth-order valence-corrected chi connectivity index (χ4v) is 1.47. The number of nitrogens with one attached hydrogen (secondary N) is 1. The summed E-state index contributed by atoms with van der Waals surface area (Å²) in [5, 5.41) is 24.9. The van der Waals surface area contributed by atoms with E-state index in [1.165, 1.54) is 0 Å². The molecular weight excluding hydrogens is 210 g/mol. The number of hydrogen-bond acceptors (Lipinski definition) is 4. The van der Waals surface area contributed by atoms with Gasteiger partial charge in [-0.2, -0.15) is 5.10 Å². The third-order valence-corrected chi connectivity index (χ3v) is 2.22. The number of carboxylic acid groups (broad SMARTS) is 1. The van der Waals surface area contributed by atoms with Crippen molar-refractivity contribution in [3.63, 3.8) is 0 Å². The Hall–Kier alpha value is -1.40. The molecule has 3 N–H and O–H groups in total. The molecule has 0 aliphatic carbocycles. The average molecular weight is 227 g/mol. The van der Waals surface area contributed by atoms with Crippen LogP contribution in [0.1, 0.15) is 17.7 Å². The predicted molar refractivity (Wildman–Crippen MR) is 57.9 cm³/mol. The van der Waals surface area contributed by atoms with E-state index in [0.29, 0.717) is 6.54 Å². The van der Waals surface area contributed by atoms with Crippen LogP contribution in [0.3, 0.4) is 0 Å². The zero-order valence-electron chi connectivity index (χ0n) is 9.47. The summed E-state index contributed by atoms with van der Waals surface area (Å²) in [5.74, 6) is -0.994. The minimum atomic E-state index is -0.994. The molecule has 6 heteroatoms. The lowest BCUT2D eigenvalue weighted by molar-refractivity contribution is -0.139. The Balaban J connectivity index is 2.30. The van der Waals surface area contributed by atoms with E-state index in [1.54, 1.807) is 4.68 Å². The van der Waals surface area contributed by atoms with Crippen molar-refractivity contribution in [3.05, 3.63) is 17.5 Å². The summed E-state index contributed by atoms with van der Waals surface area (Å²) in [5.41, 5.74) is 1.98. The molecule has 0 aromatic carbocycles. The van der Waals surface area contributed by atoms with Gasteiger partial charge in [0, 0.05) is 31.9 Å². The largest absolute Gasteiger partial charge is 0.481 e. The molecule has 1 aromatic rings. The molecule has 0 saturated carbocycles. The lowest BCUT2D eigenvalue weighted by Crippen LogP contribution is -2.28. The molecule has 1 aromatic heterocycles. The molecule has 0 radical (unpaired) electrons. The van der Waals surface area contributed by atoms with E-state index in [9.17, 15) is 9.90 Å². The van der Waals surface area contributed by atoms with Crippen LogP contribution in [0, 0.1) is 6.92 Å². The monoisotopic (exact) mass is 227 g/mol. The van der Waals surface area contributed by atoms with Gasteiger partial charge in [-0.05, 0) is 6.92 Å². The van der Waals surface area contributed by atoms with E-state index in [4.69, 9.17) is 5.11 Å². The molecule has 0 saturated heterocycles. The summed E-state index contributed by atoms with van der Waals surface area (Å²) in [7, 11) is 1.84. The highest BCUT2D eigenvalue weighted by atomic mass is 16.4. The van der Waals surface area contributed by atoms with Crippen molar-refractivity contribution in [2.75, 3.05) is 6.54 Å². The SMILES string of the molecule is Cc1nn(C)cc1CNCC(O)CC(=O)O. The predicted octanol–water partition coefficient (Wildman–Crippen LogP) is -0.346. The number of aliphatic hydroxyl groups excluding tert-OH is 1. The van der Waals surface area contributed by atoms with Gasteiger partial charge >= 0.3 is 5.97 Å². The maximum Gasteiger partial charge on any atom is 0.306 e. The number of hydrogen-bond donors (Lipinski definition) is 3. The summed E-state index contributed by atoms with van der Waals surface area (Å²) >= 11 is 0. The van der Waals surface area contributed by atoms with Crippen molar-refractivity contribution in [2.45, 2.75) is 26.0 Å². The van der Waals surface area contributed by atoms with Gasteiger partial charge in [0.25, 0.3) is 0 Å². The number of aryl methyl sites for hydroxylation is 2. The fourth-order valence-electron chi connectivity index (χ4n) is 1.47. The smallest absolute Gasteiger partial charge is 0.306 e. The van der Waals surface area contributed by atoms with Crippen LogP contribution in [0.15, 0.2) is 6.20 Å². The molecule has 0 spiro atoms. The highest BCUT2D eigenvalue weighted by Crippen LogP contribution is 2.03. The maximum absolute atomic E-state index is 10.3. The molecule has 90 valence electrons. The number of carbonyl (C=O) groups is 1. The van der Waals surface area contributed by atoms with Gasteiger partial charge in [0.1, 0.15) is 0 Å². The zero-order chi connectivity index (χ0) is 12.1. The maximum atomic E-state index is 10.3. The van der Waals surface area contributed by atoms with Gasteiger partial charge in [-0.3, -0.25) is 9.48 Å². The molecule has 0 amide bonds. The van der Waals surface area contributed by atoms with Gasteiger partial charge < -0.3 is 15.5 Å². The normalized spacial score (nSPS) is 12.7. The third-order valence-electron chi connectivity index (χ3n) is 2.22. The molecule has 0 aliphatic heterocycles. The van der Waals surface area contributed by atoms with Crippen LogP contribution < -0.4 is 5.32 Å². The molecule has 16 heavy (non-hydrogen) atoms. The van der Waals surface area contributed by atoms with Gasteiger partial charge in [-0.25, -0.2) is 0 Å². The van der Waals surface area contributed by atoms with E-state index in [1.807, 2.05) is 20.2 Å². The number of nitrogens with zero attached hydrogens (tertiary/aromatic N) is 2. The van der Waals surface area contributed by atoms with Crippen LogP contribution in [-0.4, -0.2) is 38.6 Å². The Morgan fingerprint density at radius 1 is 1.69 bits per heavy atom. The molecule has 1 heterocycles. The topological polar surface area (TPSA) is 87.4 Å². The highest BCUT2D eigenvalue weighted by Gasteiger charge is 2.09. The van der Waals surface area contributed by atoms with Gasteiger partial charge in [0.05, 0.1) is 18.2 Å². The van der Waals surface area contributed by atoms with Crippen molar-refractivity contribution in [2.24, 2.45) is 7.05 Å². The quantitative estimate of drug-likeness (QED) is 0.618. The second-order valence-electron chi connectivity index (χ2n) is 3.80. The van der Waals surface area contributed by atoms with Crippen molar-refractivity contribution in [3.8, 4) is 0 Å². The standard InChI is InChI=1S/C10H17N3O3/c1-7-8(6-13(2)12-7)4-11-5-9(14)3-10(15)16/h6,9,11,14H,3-5H2,1-2H3,(H,15,16). The lowest BCUT2D eigenvalue weighted by Gasteiger charge is -2.08. The summed E-state index contributed by atoms with van der Waals surface area (Å²) in [6.07, 6.45) is 0.805. The molecule has 1 rings (SSSR count). The first kappa shape index (κ1) is 12.7. The third kappa shape index (κ3) is 4.00. The number of aliphatic carboxylic acids is 1. The van der Waals surface area contributed by atoms with Crippen molar-refractivity contribution in [1.29, 1.82) is 0 Å². The molecule has 0 fully saturated rings. The van der Waals surface area contributed by atoms with E-state index < -0.39 is 12.1 Å². The minimum Gasteiger partial charge on any atom is -0.481 e. The van der Waals surface area contributed by atoms with Gasteiger partial charge in [-0.15, -0.1) is 0 Å². The Morgan fingerprint density at radius 2 is 2.38 bits per heavy atom. The molecular formula is C10H17N3O3. The zero-order valence-corrected chi connectivity index (χ0v) is 9.47. The van der Waals surface area contributed by atoms with Crippen LogP contribution in [0.2, 0.25) is 0 Å². The number of aliphatic hydroxyl groups is 1. The average Bonchev–Trinajstić information content (AvgIpc) is 2.44. The van der Waals surface area contributed by atoms with Crippen molar-refractivity contribution < 1.29 is 15.0 Å². The Bertz CT molecular complexity index is 362. The summed E-state index contributed by atoms with van der Waals surface area (Å²) < 4.78 is 1.72. The number of aromatic nitrogens is 2. The second kappa shape index (κ2) is 5.62. The number of carboxylic acids is 1. The molecule has 6 nitrogen and oxygen atoms in total. The van der Waals surface area contributed by atoms with Gasteiger partial charge in [0.15, 0.2) is 0 Å². The minimum absolute atomic E-state index is 0.237. The Morgan fingerprint density at radius 3 is 2.88 bits per heavy atom. The van der Waals surface area contributed by atoms with Crippen LogP contribution in [0.4, 0.5) is 0 Å². The second-order valence-corrected chi connectivity index (χ2v) is 3.80. The first-order valence-electron chi connectivity index (χ1n) is 5.08. The first-order valence-corrected chi connectivity index (χ1v) is 5.08. The molecule has 0 aliphatic rings. The summed E-state index contributed by atoms with van der Waals surface area (Å²) in [4.78, 5) is 10.3. The van der Waals surface area contributed by atoms with E-state index in [2.05, 4.69) is 10.4 Å². The summed E-state index contributed by atoms with van der Waals surface area (Å²) in [6, 6.07) is 0. The van der Waals surface area contributed by atoms with Crippen LogP contribution in [0.25, 0.3) is 0 Å². The van der Waals surface area contributed by atoms with Crippen LogP contribution >= 0.6 is 0 Å². The van der Waals surface area contributed by atoms with Crippen molar-refractivity contribution in [1.82, 2.24) is 15.1 Å². The first-order chi connectivity index (χ1) is 7.49. The van der Waals surface area contributed by atoms with Crippen LogP contribution in [0.5, 0.6) is 0 Å². The Labute approximate surface area is 93.9 Å². The lowest BCUT2D eigenvalue weighted by atomic mass is 10.2. The van der Waals surface area contributed by atoms with Crippen molar-refractivity contribution >= 4 is 5.97 Å². The van der Waals surface area contributed by atoms with Crippen LogP contribution in [-0.2, 0) is 18.4 Å². The molecule has 1 atom stereocenters. The van der Waals surface area contributed by atoms with Gasteiger partial charge in [-0.1, -0.05) is 0 Å². The fraction of sp³-hybridized carbons (Fsp3) is 0.600. The summed E-state index contributed by atoms with van der Waals surface area (Å²) in [6.45, 7) is 2.75. The van der Waals surface area contributed by atoms with E-state index >= 15 is 0 Å². The molecule has 0 bridgehead atoms. The van der Waals surface area contributed by atoms with E-state index in [0.717, 1.165) is 11.3 Å². The van der Waals surface area contributed by atoms with Gasteiger partial charge in [0.2, 0.25) is 0 Å².